The van der Waals surface area contributed by atoms with E-state index in [0.29, 0.717) is 11.3 Å². The smallest absolute Gasteiger partial charge is 0.0209 e. The Hall–Kier alpha value is -0.600. The molecule has 66 valence electrons. The van der Waals surface area contributed by atoms with Gasteiger partial charge in [-0.3, -0.25) is 0 Å². The first kappa shape index (κ1) is 8.02. The highest BCUT2D eigenvalue weighted by atomic mass is 15.0. The van der Waals surface area contributed by atoms with Crippen LogP contribution in [0.15, 0.2) is 24.3 Å². The molecule has 12 heavy (non-hydrogen) atoms. The fraction of sp³-hybridized carbons (Fsp3) is 0.600. The fourth-order valence-electron chi connectivity index (χ4n) is 2.26. The summed E-state index contributed by atoms with van der Waals surface area (Å²) in [4.78, 5) is 0. The van der Waals surface area contributed by atoms with Gasteiger partial charge in [-0.15, -0.1) is 0 Å². The van der Waals surface area contributed by atoms with Gasteiger partial charge in [0.1, 0.15) is 0 Å². The Bertz CT molecular complexity index is 220. The van der Waals surface area contributed by atoms with Crippen LogP contribution in [0.4, 0.5) is 0 Å². The van der Waals surface area contributed by atoms with E-state index in [0.717, 1.165) is 19.6 Å². The lowest BCUT2D eigenvalue weighted by Gasteiger charge is -2.31. The van der Waals surface area contributed by atoms with E-state index in [1.54, 1.807) is 0 Å². The maximum Gasteiger partial charge on any atom is 0.0209 e. The van der Waals surface area contributed by atoms with Crippen molar-refractivity contribution in [1.29, 1.82) is 0 Å². The van der Waals surface area contributed by atoms with Crippen LogP contribution in [0, 0.1) is 11.3 Å². The van der Waals surface area contributed by atoms with Crippen molar-refractivity contribution in [2.45, 2.75) is 0 Å². The Labute approximate surface area is 73.7 Å². The van der Waals surface area contributed by atoms with Gasteiger partial charge in [-0.1, -0.05) is 24.3 Å². The van der Waals surface area contributed by atoms with E-state index >= 15 is 0 Å². The van der Waals surface area contributed by atoms with Crippen molar-refractivity contribution in [1.82, 2.24) is 10.6 Å². The average Bonchev–Trinajstić information content (AvgIpc) is 2.48. The highest BCUT2D eigenvalue weighted by molar-refractivity contribution is 5.23. The molecular weight excluding hydrogens is 148 g/mol. The van der Waals surface area contributed by atoms with Crippen molar-refractivity contribution in [2.24, 2.45) is 11.3 Å². The predicted molar refractivity (Wildman–Crippen MR) is 51.0 cm³/mol. The first-order chi connectivity index (χ1) is 5.87. The molecule has 2 aliphatic rings. The third kappa shape index (κ3) is 1.11. The molecule has 1 aliphatic heterocycles. The van der Waals surface area contributed by atoms with Crippen molar-refractivity contribution in [2.75, 3.05) is 26.7 Å². The van der Waals surface area contributed by atoms with E-state index < -0.39 is 0 Å². The Morgan fingerprint density at radius 2 is 2.50 bits per heavy atom. The normalized spacial score (nSPS) is 38.6. The van der Waals surface area contributed by atoms with Gasteiger partial charge >= 0.3 is 0 Å². The summed E-state index contributed by atoms with van der Waals surface area (Å²) in [5, 5.41) is 6.72. The van der Waals surface area contributed by atoms with Crippen LogP contribution in [0.25, 0.3) is 0 Å². The molecule has 1 saturated heterocycles. The molecule has 2 heteroatoms. The van der Waals surface area contributed by atoms with E-state index in [1.807, 2.05) is 7.05 Å². The summed E-state index contributed by atoms with van der Waals surface area (Å²) in [5.41, 5.74) is 0.351. The number of hydrogen-bond donors (Lipinski definition) is 2. The molecular formula is C10H16N2. The van der Waals surface area contributed by atoms with Crippen LogP contribution >= 0.6 is 0 Å². The Kier molecular flexibility index (Phi) is 2.03. The van der Waals surface area contributed by atoms with Crippen molar-refractivity contribution in [3.05, 3.63) is 24.3 Å². The second-order valence-electron chi connectivity index (χ2n) is 3.74. The highest BCUT2D eigenvalue weighted by Crippen LogP contribution is 2.35. The molecule has 0 radical (unpaired) electrons. The third-order valence-electron chi connectivity index (χ3n) is 2.95. The van der Waals surface area contributed by atoms with Crippen LogP contribution in [0.1, 0.15) is 0 Å². The number of allylic oxidation sites excluding steroid dienone is 2. The zero-order chi connectivity index (χ0) is 8.44. The van der Waals surface area contributed by atoms with Crippen LogP contribution in [0.3, 0.4) is 0 Å². The van der Waals surface area contributed by atoms with Gasteiger partial charge < -0.3 is 10.6 Å². The minimum absolute atomic E-state index is 0.351. The number of fused-ring (bicyclic) bond motifs is 1. The summed E-state index contributed by atoms with van der Waals surface area (Å²) >= 11 is 0. The van der Waals surface area contributed by atoms with Crippen LogP contribution in [0.5, 0.6) is 0 Å². The predicted octanol–water partition coefficient (Wildman–Crippen LogP) is 0.538. The molecule has 0 aromatic heterocycles. The molecule has 0 amide bonds. The Morgan fingerprint density at radius 1 is 1.58 bits per heavy atom. The van der Waals surface area contributed by atoms with E-state index in [9.17, 15) is 0 Å². The quantitative estimate of drug-likeness (QED) is 0.622. The summed E-state index contributed by atoms with van der Waals surface area (Å²) < 4.78 is 0. The van der Waals surface area contributed by atoms with Crippen molar-refractivity contribution in [3.63, 3.8) is 0 Å². The molecule has 1 heterocycles. The third-order valence-corrected chi connectivity index (χ3v) is 2.95. The van der Waals surface area contributed by atoms with Crippen LogP contribution < -0.4 is 10.6 Å². The lowest BCUT2D eigenvalue weighted by molar-refractivity contribution is 0.339. The van der Waals surface area contributed by atoms with Gasteiger partial charge in [-0.05, 0) is 7.05 Å². The second kappa shape index (κ2) is 3.04. The van der Waals surface area contributed by atoms with Gasteiger partial charge in [0, 0.05) is 31.0 Å². The minimum Gasteiger partial charge on any atom is -0.319 e. The summed E-state index contributed by atoms with van der Waals surface area (Å²) in [7, 11) is 2.02. The van der Waals surface area contributed by atoms with Gasteiger partial charge in [0.05, 0.1) is 0 Å². The lowest BCUT2D eigenvalue weighted by atomic mass is 9.75. The van der Waals surface area contributed by atoms with E-state index in [-0.39, 0.29) is 0 Å². The molecule has 0 aromatic rings. The van der Waals surface area contributed by atoms with Crippen molar-refractivity contribution < 1.29 is 0 Å². The molecule has 2 atom stereocenters. The largest absolute Gasteiger partial charge is 0.319 e. The molecule has 0 spiro atoms. The van der Waals surface area contributed by atoms with Crippen LogP contribution in [-0.4, -0.2) is 26.7 Å². The molecule has 2 nitrogen and oxygen atoms in total. The molecule has 2 unspecified atom stereocenters. The summed E-state index contributed by atoms with van der Waals surface area (Å²) in [6.45, 7) is 3.31. The van der Waals surface area contributed by atoms with Gasteiger partial charge in [0.2, 0.25) is 0 Å². The van der Waals surface area contributed by atoms with Gasteiger partial charge in [0.25, 0.3) is 0 Å². The van der Waals surface area contributed by atoms with Gasteiger partial charge in [-0.25, -0.2) is 0 Å². The summed E-state index contributed by atoms with van der Waals surface area (Å²) in [6.07, 6.45) is 8.98. The molecule has 1 aliphatic carbocycles. The first-order valence-corrected chi connectivity index (χ1v) is 4.59. The van der Waals surface area contributed by atoms with Crippen LogP contribution in [0.2, 0.25) is 0 Å². The molecule has 2 N–H and O–H groups in total. The highest BCUT2D eigenvalue weighted by Gasteiger charge is 2.39. The molecule has 0 aromatic carbocycles. The van der Waals surface area contributed by atoms with E-state index in [2.05, 4.69) is 34.9 Å². The molecule has 0 saturated carbocycles. The number of nitrogens with one attached hydrogen (secondary N) is 2. The van der Waals surface area contributed by atoms with Gasteiger partial charge in [0.15, 0.2) is 0 Å². The topological polar surface area (TPSA) is 24.1 Å². The summed E-state index contributed by atoms with van der Waals surface area (Å²) in [5.74, 6) is 0.690. The fourth-order valence-corrected chi connectivity index (χ4v) is 2.26. The zero-order valence-corrected chi connectivity index (χ0v) is 7.51. The Balaban J connectivity index is 2.20. The molecule has 2 rings (SSSR count). The van der Waals surface area contributed by atoms with Crippen molar-refractivity contribution in [3.8, 4) is 0 Å². The standard InChI is InChI=1S/C10H16N2/c1-11-7-10-5-3-2-4-9(10)6-12-8-10/h2-5,9,11-12H,6-8H2,1H3. The van der Waals surface area contributed by atoms with E-state index in [1.165, 1.54) is 0 Å². The Morgan fingerprint density at radius 3 is 3.33 bits per heavy atom. The SMILES string of the molecule is CNCC12C=CC=CC1CNC2. The van der Waals surface area contributed by atoms with E-state index in [4.69, 9.17) is 0 Å². The summed E-state index contributed by atoms with van der Waals surface area (Å²) in [6, 6.07) is 0. The second-order valence-corrected chi connectivity index (χ2v) is 3.74. The molecule has 0 bridgehead atoms. The number of hydrogen-bond acceptors (Lipinski definition) is 2. The maximum atomic E-state index is 3.45. The molecule has 1 fully saturated rings. The average molecular weight is 164 g/mol. The van der Waals surface area contributed by atoms with Gasteiger partial charge in [-0.2, -0.15) is 0 Å². The zero-order valence-electron chi connectivity index (χ0n) is 7.51. The minimum atomic E-state index is 0.351. The lowest BCUT2D eigenvalue weighted by Crippen LogP contribution is -2.37. The monoisotopic (exact) mass is 164 g/mol. The number of rotatable bonds is 2. The first-order valence-electron chi connectivity index (χ1n) is 4.59. The van der Waals surface area contributed by atoms with Crippen LogP contribution in [-0.2, 0) is 0 Å². The maximum absolute atomic E-state index is 3.45. The van der Waals surface area contributed by atoms with Crippen molar-refractivity contribution >= 4 is 0 Å².